The number of halogens is 1. The molecule has 4 heteroatoms. The van der Waals surface area contributed by atoms with E-state index in [1.54, 1.807) is 0 Å². The molecule has 0 aromatic carbocycles. The van der Waals surface area contributed by atoms with Crippen molar-refractivity contribution in [1.29, 1.82) is 0 Å². The van der Waals surface area contributed by atoms with Crippen LogP contribution < -0.4 is 4.74 Å². The average molecular weight is 148 g/mol. The molecule has 0 amide bonds. The van der Waals surface area contributed by atoms with Crippen LogP contribution in [0.1, 0.15) is 6.85 Å². The van der Waals surface area contributed by atoms with E-state index in [0.29, 0.717) is 0 Å². The first-order valence-corrected chi connectivity index (χ1v) is 2.27. The number of hydrogen-bond donors (Lipinski definition) is 1. The maximum Gasteiger partial charge on any atom is 0.255 e. The van der Waals surface area contributed by atoms with Crippen LogP contribution in [-0.2, 0) is 0 Å². The second-order valence-corrected chi connectivity index (χ2v) is 1.42. The van der Waals surface area contributed by atoms with E-state index < -0.39 is 36.7 Å². The van der Waals surface area contributed by atoms with Crippen molar-refractivity contribution >= 4 is 0 Å². The van der Waals surface area contributed by atoms with Crippen LogP contribution in [0.4, 0.5) is 4.39 Å². The van der Waals surface area contributed by atoms with Crippen molar-refractivity contribution < 1.29 is 21.1 Å². The third kappa shape index (κ3) is 1.15. The van der Waals surface area contributed by atoms with Gasteiger partial charge >= 0.3 is 0 Å². The minimum absolute atomic E-state index is 0.851. The molecule has 1 aromatic rings. The first-order chi connectivity index (χ1) is 6.72. The SMILES string of the molecule is [2H]c1nc(F)c(OC([2H])([2H])[2H])c([2H])c1O. The number of methoxy groups -OCH3 is 1. The number of nitrogens with zero attached hydrogens (tertiary/aromatic N) is 1. The summed E-state index contributed by atoms with van der Waals surface area (Å²) in [6.07, 6.45) is -0.851. The monoisotopic (exact) mass is 148 g/mol. The Kier molecular flexibility index (Phi) is 0.687. The first kappa shape index (κ1) is 2.74. The lowest BCUT2D eigenvalue weighted by molar-refractivity contribution is 0.370. The maximum atomic E-state index is 13.0. The molecule has 0 saturated carbocycles. The van der Waals surface area contributed by atoms with Gasteiger partial charge in [0.05, 0.1) is 20.1 Å². The van der Waals surface area contributed by atoms with E-state index in [9.17, 15) is 4.39 Å². The largest absolute Gasteiger partial charge is 0.506 e. The summed E-state index contributed by atoms with van der Waals surface area (Å²) < 4.78 is 51.2. The zero-order valence-corrected chi connectivity index (χ0v) is 4.68. The number of pyridine rings is 1. The van der Waals surface area contributed by atoms with Crippen LogP contribution in [0, 0.1) is 5.95 Å². The highest BCUT2D eigenvalue weighted by Crippen LogP contribution is 2.18. The Labute approximate surface area is 64.1 Å². The van der Waals surface area contributed by atoms with Gasteiger partial charge in [-0.15, -0.1) is 0 Å². The molecule has 1 N–H and O–H groups in total. The van der Waals surface area contributed by atoms with E-state index in [2.05, 4.69) is 9.72 Å². The summed E-state index contributed by atoms with van der Waals surface area (Å²) in [5.41, 5.74) is 0. The van der Waals surface area contributed by atoms with Crippen molar-refractivity contribution in [3.63, 3.8) is 0 Å². The highest BCUT2D eigenvalue weighted by atomic mass is 19.1. The molecule has 0 unspecified atom stereocenters. The molecule has 0 radical (unpaired) electrons. The lowest BCUT2D eigenvalue weighted by atomic mass is 10.4. The van der Waals surface area contributed by atoms with E-state index in [4.69, 9.17) is 12.0 Å². The fourth-order valence-electron chi connectivity index (χ4n) is 0.407. The minimum atomic E-state index is -2.95. The first-order valence-electron chi connectivity index (χ1n) is 4.77. The van der Waals surface area contributed by atoms with E-state index >= 15 is 0 Å². The van der Waals surface area contributed by atoms with E-state index in [1.165, 1.54) is 0 Å². The number of hydrogen-bond acceptors (Lipinski definition) is 3. The molecular formula is C6H6FNO2. The molecule has 1 rings (SSSR count). The number of aromatic nitrogens is 1. The molecule has 10 heavy (non-hydrogen) atoms. The Morgan fingerprint density at radius 1 is 2.00 bits per heavy atom. The van der Waals surface area contributed by atoms with Crippen molar-refractivity contribution in [3.05, 3.63) is 18.2 Å². The summed E-state index contributed by atoms with van der Waals surface area (Å²) in [4.78, 5) is 2.87. The quantitative estimate of drug-likeness (QED) is 0.602. The van der Waals surface area contributed by atoms with Gasteiger partial charge in [0.15, 0.2) is 5.75 Å². The van der Waals surface area contributed by atoms with E-state index in [-0.39, 0.29) is 0 Å². The molecule has 0 spiro atoms. The van der Waals surface area contributed by atoms with Crippen LogP contribution in [0.15, 0.2) is 12.2 Å². The molecule has 0 fully saturated rings. The predicted molar refractivity (Wildman–Crippen MR) is 32.4 cm³/mol. The summed E-state index contributed by atoms with van der Waals surface area (Å²) in [5.74, 6) is -3.35. The van der Waals surface area contributed by atoms with Gasteiger partial charge in [-0.1, -0.05) is 0 Å². The lowest BCUT2D eigenvalue weighted by Crippen LogP contribution is -1.89. The fraction of sp³-hybridized carbons (Fsp3) is 0.167. The fourth-order valence-corrected chi connectivity index (χ4v) is 0.407. The smallest absolute Gasteiger partial charge is 0.255 e. The van der Waals surface area contributed by atoms with Crippen LogP contribution >= 0.6 is 0 Å². The highest BCUT2D eigenvalue weighted by molar-refractivity contribution is 5.27. The molecule has 1 heterocycles. The zero-order valence-electron chi connectivity index (χ0n) is 9.68. The van der Waals surface area contributed by atoms with Crippen LogP contribution in [0.3, 0.4) is 0 Å². The maximum absolute atomic E-state index is 13.0. The molecule has 0 bridgehead atoms. The van der Waals surface area contributed by atoms with E-state index in [0.717, 1.165) is 0 Å². The summed E-state index contributed by atoms with van der Waals surface area (Å²) in [6, 6.07) is -0.913. The summed E-state index contributed by atoms with van der Waals surface area (Å²) in [6.45, 7) is 0. The van der Waals surface area contributed by atoms with Gasteiger partial charge in [-0.3, -0.25) is 0 Å². The molecule has 0 saturated heterocycles. The highest BCUT2D eigenvalue weighted by Gasteiger charge is 2.02. The van der Waals surface area contributed by atoms with Crippen LogP contribution in [-0.4, -0.2) is 17.1 Å². The Morgan fingerprint density at radius 2 is 2.80 bits per heavy atom. The number of rotatable bonds is 1. The van der Waals surface area contributed by atoms with Gasteiger partial charge < -0.3 is 9.84 Å². The standard InChI is InChI=1S/C6H6FNO2/c1-10-5-2-4(9)3-8-6(5)7/h2-3,9H,1H3/i1D3,2D,3D. The second kappa shape index (κ2) is 2.51. The van der Waals surface area contributed by atoms with Gasteiger partial charge in [-0.05, 0) is 0 Å². The summed E-state index contributed by atoms with van der Waals surface area (Å²) >= 11 is 0. The molecular weight excluding hydrogens is 137 g/mol. The number of aromatic hydroxyl groups is 1. The van der Waals surface area contributed by atoms with Gasteiger partial charge in [0, 0.05) is 6.04 Å². The predicted octanol–water partition coefficient (Wildman–Crippen LogP) is 0.935. The Morgan fingerprint density at radius 3 is 3.50 bits per heavy atom. The second-order valence-electron chi connectivity index (χ2n) is 1.42. The van der Waals surface area contributed by atoms with Crippen molar-refractivity contribution in [1.82, 2.24) is 4.98 Å². The molecule has 1 aromatic heterocycles. The Hall–Kier alpha value is -1.32. The van der Waals surface area contributed by atoms with Crippen LogP contribution in [0.25, 0.3) is 0 Å². The van der Waals surface area contributed by atoms with Crippen molar-refractivity contribution in [2.45, 2.75) is 0 Å². The Bertz CT molecular complexity index is 394. The van der Waals surface area contributed by atoms with Crippen molar-refractivity contribution in [3.8, 4) is 11.5 Å². The summed E-state index contributed by atoms with van der Waals surface area (Å²) in [5, 5.41) is 9.04. The van der Waals surface area contributed by atoms with Crippen molar-refractivity contribution in [2.24, 2.45) is 0 Å². The molecule has 54 valence electrons. The summed E-state index contributed by atoms with van der Waals surface area (Å²) in [7, 11) is -2.95. The average Bonchev–Trinajstić information content (AvgIpc) is 2.07. The van der Waals surface area contributed by atoms with Crippen LogP contribution in [0.2, 0.25) is 0 Å². The molecule has 3 nitrogen and oxygen atoms in total. The van der Waals surface area contributed by atoms with E-state index in [1.807, 2.05) is 0 Å². The van der Waals surface area contributed by atoms with Gasteiger partial charge in [0.1, 0.15) is 5.75 Å². The Balaban J connectivity index is 3.24. The third-order valence-corrected chi connectivity index (χ3v) is 0.781. The molecule has 0 aliphatic carbocycles. The van der Waals surface area contributed by atoms with Crippen molar-refractivity contribution in [2.75, 3.05) is 7.04 Å². The topological polar surface area (TPSA) is 42.4 Å². The van der Waals surface area contributed by atoms with Gasteiger partial charge in [0.25, 0.3) is 5.95 Å². The lowest BCUT2D eigenvalue weighted by Gasteiger charge is -1.98. The van der Waals surface area contributed by atoms with Crippen LogP contribution in [0.5, 0.6) is 11.5 Å². The van der Waals surface area contributed by atoms with Gasteiger partial charge in [-0.25, -0.2) is 4.98 Å². The minimum Gasteiger partial charge on any atom is -0.506 e. The third-order valence-electron chi connectivity index (χ3n) is 0.781. The molecule has 0 aliphatic heterocycles. The zero-order chi connectivity index (χ0) is 11.8. The normalized spacial score (nSPS) is 17.9. The van der Waals surface area contributed by atoms with Gasteiger partial charge in [-0.2, -0.15) is 4.39 Å². The number of ether oxygens (including phenoxy) is 1. The molecule has 0 atom stereocenters. The molecule has 0 aliphatic rings. The van der Waals surface area contributed by atoms with Gasteiger partial charge in [0.2, 0.25) is 0 Å².